The Balaban J connectivity index is 2.51. The Morgan fingerprint density at radius 2 is 2.24 bits per heavy atom. The molecule has 0 radical (unpaired) electrons. The minimum absolute atomic E-state index is 0.0426. The molecule has 1 heterocycles. The Labute approximate surface area is 107 Å². The topological polar surface area (TPSA) is 59.2 Å². The number of thiazole rings is 1. The van der Waals surface area contributed by atoms with E-state index in [-0.39, 0.29) is 11.9 Å². The molecule has 1 rings (SSSR count). The lowest BCUT2D eigenvalue weighted by Gasteiger charge is -2.21. The Morgan fingerprint density at radius 1 is 1.59 bits per heavy atom. The summed E-state index contributed by atoms with van der Waals surface area (Å²) in [6.07, 6.45) is 0.831. The number of carbonyl (C=O) groups is 1. The van der Waals surface area contributed by atoms with Crippen LogP contribution in [-0.4, -0.2) is 35.4 Å². The third-order valence-corrected chi connectivity index (χ3v) is 3.86. The van der Waals surface area contributed by atoms with E-state index < -0.39 is 0 Å². The summed E-state index contributed by atoms with van der Waals surface area (Å²) >= 11 is 1.39. The summed E-state index contributed by atoms with van der Waals surface area (Å²) in [5.41, 5.74) is 8.48. The van der Waals surface area contributed by atoms with Gasteiger partial charge in [0.05, 0.1) is 11.2 Å². The second-order valence-corrected chi connectivity index (χ2v) is 5.54. The van der Waals surface area contributed by atoms with Gasteiger partial charge in [-0.25, -0.2) is 4.98 Å². The number of hydrogen-bond donors (Lipinski definition) is 1. The summed E-state index contributed by atoms with van der Waals surface area (Å²) < 4.78 is 0. The van der Waals surface area contributed by atoms with Crippen molar-refractivity contribution in [2.75, 3.05) is 13.6 Å². The molecule has 0 saturated carbocycles. The van der Waals surface area contributed by atoms with Gasteiger partial charge >= 0.3 is 0 Å². The molecule has 0 aliphatic carbocycles. The van der Waals surface area contributed by atoms with Crippen LogP contribution in [-0.2, 0) is 0 Å². The van der Waals surface area contributed by atoms with Crippen molar-refractivity contribution in [1.82, 2.24) is 9.88 Å². The number of nitrogens with zero attached hydrogens (tertiary/aromatic N) is 2. The van der Waals surface area contributed by atoms with Gasteiger partial charge in [0.2, 0.25) is 0 Å². The van der Waals surface area contributed by atoms with Crippen LogP contribution >= 0.6 is 11.3 Å². The van der Waals surface area contributed by atoms with Crippen molar-refractivity contribution in [3.05, 3.63) is 16.1 Å². The van der Waals surface area contributed by atoms with E-state index in [1.165, 1.54) is 11.3 Å². The first-order valence-corrected chi connectivity index (χ1v) is 6.72. The van der Waals surface area contributed by atoms with E-state index in [9.17, 15) is 4.79 Å². The normalized spacial score (nSPS) is 12.8. The molecule has 96 valence electrons. The Morgan fingerprint density at radius 3 is 2.71 bits per heavy atom. The van der Waals surface area contributed by atoms with E-state index in [1.807, 2.05) is 14.0 Å². The first kappa shape index (κ1) is 14.1. The average Bonchev–Trinajstić information content (AvgIpc) is 2.70. The van der Waals surface area contributed by atoms with E-state index in [1.54, 1.807) is 10.4 Å². The van der Waals surface area contributed by atoms with E-state index >= 15 is 0 Å². The van der Waals surface area contributed by atoms with Gasteiger partial charge in [-0.2, -0.15) is 0 Å². The van der Waals surface area contributed by atoms with E-state index in [4.69, 9.17) is 5.73 Å². The van der Waals surface area contributed by atoms with Crippen molar-refractivity contribution in [3.8, 4) is 0 Å². The zero-order chi connectivity index (χ0) is 13.0. The fourth-order valence-electron chi connectivity index (χ4n) is 1.46. The quantitative estimate of drug-likeness (QED) is 0.874. The second kappa shape index (κ2) is 6.12. The lowest BCUT2D eigenvalue weighted by atomic mass is 10.0. The fraction of sp³-hybridized carbons (Fsp3) is 0.667. The summed E-state index contributed by atoms with van der Waals surface area (Å²) in [6.45, 7) is 6.74. The molecule has 1 atom stereocenters. The highest BCUT2D eigenvalue weighted by atomic mass is 32.1. The maximum absolute atomic E-state index is 12.1. The maximum atomic E-state index is 12.1. The Kier molecular flexibility index (Phi) is 5.08. The van der Waals surface area contributed by atoms with Crippen molar-refractivity contribution < 1.29 is 4.79 Å². The molecule has 0 fully saturated rings. The van der Waals surface area contributed by atoms with Crippen LogP contribution in [0.15, 0.2) is 5.51 Å². The van der Waals surface area contributed by atoms with Gasteiger partial charge in [-0.3, -0.25) is 4.79 Å². The zero-order valence-electron chi connectivity index (χ0n) is 10.9. The van der Waals surface area contributed by atoms with E-state index in [0.717, 1.165) is 17.0 Å². The molecule has 0 bridgehead atoms. The number of amides is 1. The van der Waals surface area contributed by atoms with Gasteiger partial charge in [-0.15, -0.1) is 11.3 Å². The van der Waals surface area contributed by atoms with Gasteiger partial charge in [0.1, 0.15) is 4.88 Å². The average molecular weight is 255 g/mol. The summed E-state index contributed by atoms with van der Waals surface area (Å²) in [7, 11) is 1.81. The monoisotopic (exact) mass is 255 g/mol. The molecule has 0 aromatic carbocycles. The first-order valence-electron chi connectivity index (χ1n) is 5.84. The predicted octanol–water partition coefficient (Wildman–Crippen LogP) is 1.90. The van der Waals surface area contributed by atoms with Crippen LogP contribution in [0.3, 0.4) is 0 Å². The minimum Gasteiger partial charge on any atom is -0.341 e. The van der Waals surface area contributed by atoms with E-state index in [2.05, 4.69) is 18.8 Å². The molecular weight excluding hydrogens is 234 g/mol. The Hall–Kier alpha value is -0.940. The highest BCUT2D eigenvalue weighted by Gasteiger charge is 2.17. The van der Waals surface area contributed by atoms with Gasteiger partial charge in [0.15, 0.2) is 0 Å². The second-order valence-electron chi connectivity index (χ2n) is 4.69. The molecule has 1 aromatic heterocycles. The molecule has 1 aromatic rings. The summed E-state index contributed by atoms with van der Waals surface area (Å²) in [6, 6.07) is 0.146. The van der Waals surface area contributed by atoms with Crippen molar-refractivity contribution in [3.63, 3.8) is 0 Å². The van der Waals surface area contributed by atoms with Crippen LogP contribution in [0, 0.1) is 12.8 Å². The van der Waals surface area contributed by atoms with Crippen LogP contribution < -0.4 is 5.73 Å². The number of aryl methyl sites for hydroxylation is 1. The summed E-state index contributed by atoms with van der Waals surface area (Å²) in [5, 5.41) is 0. The summed E-state index contributed by atoms with van der Waals surface area (Å²) in [5.74, 6) is 0.490. The maximum Gasteiger partial charge on any atom is 0.265 e. The molecule has 0 aliphatic rings. The van der Waals surface area contributed by atoms with Gasteiger partial charge in [-0.1, -0.05) is 13.8 Å². The highest BCUT2D eigenvalue weighted by Crippen LogP contribution is 2.15. The largest absolute Gasteiger partial charge is 0.341 e. The van der Waals surface area contributed by atoms with Gasteiger partial charge in [0.25, 0.3) is 5.91 Å². The van der Waals surface area contributed by atoms with Crippen molar-refractivity contribution >= 4 is 17.2 Å². The van der Waals surface area contributed by atoms with Crippen molar-refractivity contribution in [1.29, 1.82) is 0 Å². The molecule has 2 N–H and O–H groups in total. The molecule has 0 spiro atoms. The molecular formula is C12H21N3OS. The van der Waals surface area contributed by atoms with Crippen LogP contribution in [0.25, 0.3) is 0 Å². The van der Waals surface area contributed by atoms with Crippen molar-refractivity contribution in [2.45, 2.75) is 33.2 Å². The molecule has 1 unspecified atom stereocenters. The predicted molar refractivity (Wildman–Crippen MR) is 71.2 cm³/mol. The van der Waals surface area contributed by atoms with Crippen molar-refractivity contribution in [2.24, 2.45) is 11.7 Å². The van der Waals surface area contributed by atoms with Gasteiger partial charge in [0, 0.05) is 19.6 Å². The molecule has 1 amide bonds. The standard InChI is InChI=1S/C12H21N3OS/c1-8(2)10(13)5-6-15(4)12(16)11-9(3)14-7-17-11/h7-8,10H,5-6,13H2,1-4H3. The molecule has 4 nitrogen and oxygen atoms in total. The van der Waals surface area contributed by atoms with Gasteiger partial charge < -0.3 is 10.6 Å². The Bertz CT molecular complexity index is 376. The van der Waals surface area contributed by atoms with Gasteiger partial charge in [-0.05, 0) is 19.3 Å². The van der Waals surface area contributed by atoms with Crippen LogP contribution in [0.4, 0.5) is 0 Å². The molecule has 5 heteroatoms. The molecule has 0 aliphatic heterocycles. The van der Waals surface area contributed by atoms with Crippen LogP contribution in [0.1, 0.15) is 35.6 Å². The molecule has 0 saturated heterocycles. The number of hydrogen-bond acceptors (Lipinski definition) is 4. The number of carbonyl (C=O) groups excluding carboxylic acids is 1. The van der Waals surface area contributed by atoms with E-state index in [0.29, 0.717) is 12.5 Å². The SMILES string of the molecule is Cc1ncsc1C(=O)N(C)CCC(N)C(C)C. The lowest BCUT2D eigenvalue weighted by Crippen LogP contribution is -2.34. The number of aromatic nitrogens is 1. The summed E-state index contributed by atoms with van der Waals surface area (Å²) in [4.78, 5) is 18.6. The highest BCUT2D eigenvalue weighted by molar-refractivity contribution is 7.11. The van der Waals surface area contributed by atoms with Crippen LogP contribution in [0.5, 0.6) is 0 Å². The minimum atomic E-state index is 0.0426. The lowest BCUT2D eigenvalue weighted by molar-refractivity contribution is 0.0793. The zero-order valence-corrected chi connectivity index (χ0v) is 11.8. The number of nitrogens with two attached hydrogens (primary N) is 1. The van der Waals surface area contributed by atoms with Crippen LogP contribution in [0.2, 0.25) is 0 Å². The number of rotatable bonds is 5. The third kappa shape index (κ3) is 3.78. The smallest absolute Gasteiger partial charge is 0.265 e. The molecule has 17 heavy (non-hydrogen) atoms. The fourth-order valence-corrected chi connectivity index (χ4v) is 2.25. The third-order valence-electron chi connectivity index (χ3n) is 2.94. The first-order chi connectivity index (χ1) is 7.93.